The Morgan fingerprint density at radius 1 is 1.15 bits per heavy atom. The molecule has 0 amide bonds. The summed E-state index contributed by atoms with van der Waals surface area (Å²) in [4.78, 5) is 0. The maximum Gasteiger partial charge on any atom is 0.0685 e. The van der Waals surface area contributed by atoms with Crippen molar-refractivity contribution in [3.8, 4) is 11.3 Å². The summed E-state index contributed by atoms with van der Waals surface area (Å²) in [6.07, 6.45) is 4.16. The lowest BCUT2D eigenvalue weighted by atomic mass is 10.0. The highest BCUT2D eigenvalue weighted by molar-refractivity contribution is 5.65. The molecule has 0 aliphatic carbocycles. The number of aromatic nitrogens is 2. The molecule has 0 aliphatic heterocycles. The van der Waals surface area contributed by atoms with Gasteiger partial charge in [-0.25, -0.2) is 0 Å². The van der Waals surface area contributed by atoms with Gasteiger partial charge in [0.05, 0.1) is 5.69 Å². The molecular weight excluding hydrogens is 246 g/mol. The van der Waals surface area contributed by atoms with Gasteiger partial charge in [-0.05, 0) is 44.0 Å². The van der Waals surface area contributed by atoms with Gasteiger partial charge in [0, 0.05) is 24.8 Å². The third kappa shape index (κ3) is 3.48. The molecule has 20 heavy (non-hydrogen) atoms. The van der Waals surface area contributed by atoms with E-state index in [1.807, 2.05) is 6.20 Å². The van der Waals surface area contributed by atoms with Crippen molar-refractivity contribution >= 4 is 0 Å². The Hall–Kier alpha value is -1.61. The molecule has 0 atom stereocenters. The molecule has 3 heteroatoms. The Morgan fingerprint density at radius 2 is 2.00 bits per heavy atom. The minimum atomic E-state index is 0.917. The highest BCUT2D eigenvalue weighted by atomic mass is 15.3. The summed E-state index contributed by atoms with van der Waals surface area (Å²) in [6, 6.07) is 8.81. The van der Waals surface area contributed by atoms with Crippen LogP contribution in [-0.2, 0) is 13.1 Å². The SMILES string of the molecule is CCCNCc1ccc(C)cc1-c1ccnn1CCC. The molecule has 1 heterocycles. The van der Waals surface area contributed by atoms with E-state index in [9.17, 15) is 0 Å². The third-order valence-electron chi connectivity index (χ3n) is 3.44. The number of nitrogens with zero attached hydrogens (tertiary/aromatic N) is 2. The zero-order valence-corrected chi connectivity index (χ0v) is 12.8. The molecule has 1 aromatic heterocycles. The molecule has 0 aliphatic rings. The summed E-state index contributed by atoms with van der Waals surface area (Å²) in [5.41, 5.74) is 5.17. The molecule has 3 nitrogen and oxygen atoms in total. The van der Waals surface area contributed by atoms with Gasteiger partial charge in [-0.2, -0.15) is 5.10 Å². The molecule has 0 saturated carbocycles. The fourth-order valence-corrected chi connectivity index (χ4v) is 2.43. The van der Waals surface area contributed by atoms with Crippen LogP contribution in [0.4, 0.5) is 0 Å². The van der Waals surface area contributed by atoms with Gasteiger partial charge in [-0.15, -0.1) is 0 Å². The lowest BCUT2D eigenvalue weighted by Gasteiger charge is -2.13. The van der Waals surface area contributed by atoms with E-state index in [-0.39, 0.29) is 0 Å². The molecule has 0 fully saturated rings. The first-order chi connectivity index (χ1) is 9.76. The summed E-state index contributed by atoms with van der Waals surface area (Å²) in [5, 5.41) is 7.94. The topological polar surface area (TPSA) is 29.9 Å². The van der Waals surface area contributed by atoms with Gasteiger partial charge in [-0.1, -0.05) is 31.5 Å². The second kappa shape index (κ2) is 7.25. The van der Waals surface area contributed by atoms with Crippen LogP contribution in [-0.4, -0.2) is 16.3 Å². The molecule has 0 unspecified atom stereocenters. The van der Waals surface area contributed by atoms with E-state index < -0.39 is 0 Å². The van der Waals surface area contributed by atoms with Crippen LogP contribution in [0.5, 0.6) is 0 Å². The van der Waals surface area contributed by atoms with E-state index in [0.29, 0.717) is 0 Å². The van der Waals surface area contributed by atoms with Crippen molar-refractivity contribution in [1.82, 2.24) is 15.1 Å². The maximum atomic E-state index is 4.45. The van der Waals surface area contributed by atoms with Gasteiger partial charge in [0.1, 0.15) is 0 Å². The van der Waals surface area contributed by atoms with Crippen LogP contribution in [0.15, 0.2) is 30.5 Å². The zero-order chi connectivity index (χ0) is 14.4. The van der Waals surface area contributed by atoms with Crippen LogP contribution in [0.2, 0.25) is 0 Å². The monoisotopic (exact) mass is 271 g/mol. The number of benzene rings is 1. The van der Waals surface area contributed by atoms with Crippen molar-refractivity contribution in [2.24, 2.45) is 0 Å². The van der Waals surface area contributed by atoms with Gasteiger partial charge >= 0.3 is 0 Å². The summed E-state index contributed by atoms with van der Waals surface area (Å²) in [5.74, 6) is 0. The summed E-state index contributed by atoms with van der Waals surface area (Å²) < 4.78 is 2.11. The Bertz CT molecular complexity index is 543. The first kappa shape index (κ1) is 14.8. The minimum Gasteiger partial charge on any atom is -0.313 e. The van der Waals surface area contributed by atoms with Crippen molar-refractivity contribution in [2.75, 3.05) is 6.54 Å². The lowest BCUT2D eigenvalue weighted by Crippen LogP contribution is -2.15. The molecular formula is C17H25N3. The summed E-state index contributed by atoms with van der Waals surface area (Å²) >= 11 is 0. The molecule has 2 aromatic rings. The van der Waals surface area contributed by atoms with E-state index in [1.165, 1.54) is 22.4 Å². The van der Waals surface area contributed by atoms with E-state index in [4.69, 9.17) is 0 Å². The number of rotatable bonds is 7. The van der Waals surface area contributed by atoms with Crippen molar-refractivity contribution in [1.29, 1.82) is 0 Å². The van der Waals surface area contributed by atoms with E-state index in [1.54, 1.807) is 0 Å². The van der Waals surface area contributed by atoms with Crippen molar-refractivity contribution in [3.05, 3.63) is 41.6 Å². The maximum absolute atomic E-state index is 4.45. The first-order valence-corrected chi connectivity index (χ1v) is 7.58. The molecule has 0 spiro atoms. The van der Waals surface area contributed by atoms with Crippen LogP contribution < -0.4 is 5.32 Å². The number of aryl methyl sites for hydroxylation is 2. The van der Waals surface area contributed by atoms with Crippen molar-refractivity contribution < 1.29 is 0 Å². The predicted molar refractivity (Wildman–Crippen MR) is 84.7 cm³/mol. The van der Waals surface area contributed by atoms with Gasteiger partial charge in [-0.3, -0.25) is 4.68 Å². The molecule has 1 aromatic carbocycles. The van der Waals surface area contributed by atoms with Crippen LogP contribution in [0.1, 0.15) is 37.8 Å². The molecule has 2 rings (SSSR count). The van der Waals surface area contributed by atoms with Crippen LogP contribution in [0, 0.1) is 6.92 Å². The standard InChI is InChI=1S/C17H25N3/c1-4-9-18-13-15-7-6-14(3)12-16(15)17-8-10-19-20(17)11-5-2/h6-8,10,12,18H,4-5,9,11,13H2,1-3H3. The Kier molecular flexibility index (Phi) is 5.36. The number of hydrogen-bond acceptors (Lipinski definition) is 2. The second-order valence-electron chi connectivity index (χ2n) is 5.28. The Balaban J connectivity index is 2.32. The summed E-state index contributed by atoms with van der Waals surface area (Å²) in [6.45, 7) is 9.47. The van der Waals surface area contributed by atoms with Crippen LogP contribution in [0.25, 0.3) is 11.3 Å². The smallest absolute Gasteiger partial charge is 0.0685 e. The lowest BCUT2D eigenvalue weighted by molar-refractivity contribution is 0.608. The molecule has 0 radical (unpaired) electrons. The van der Waals surface area contributed by atoms with Gasteiger partial charge in [0.2, 0.25) is 0 Å². The molecule has 1 N–H and O–H groups in total. The first-order valence-electron chi connectivity index (χ1n) is 7.58. The van der Waals surface area contributed by atoms with E-state index in [0.717, 1.165) is 32.5 Å². The van der Waals surface area contributed by atoms with Crippen molar-refractivity contribution in [3.63, 3.8) is 0 Å². The average Bonchev–Trinajstić information content (AvgIpc) is 2.89. The van der Waals surface area contributed by atoms with E-state index >= 15 is 0 Å². The van der Waals surface area contributed by atoms with Gasteiger partial charge in [0.25, 0.3) is 0 Å². The van der Waals surface area contributed by atoms with E-state index in [2.05, 4.69) is 60.1 Å². The van der Waals surface area contributed by atoms with Crippen molar-refractivity contribution in [2.45, 2.75) is 46.7 Å². The molecule has 0 bridgehead atoms. The average molecular weight is 271 g/mol. The second-order valence-corrected chi connectivity index (χ2v) is 5.28. The van der Waals surface area contributed by atoms with Gasteiger partial charge < -0.3 is 5.32 Å². The predicted octanol–water partition coefficient (Wildman–Crippen LogP) is 3.77. The molecule has 108 valence electrons. The fourth-order valence-electron chi connectivity index (χ4n) is 2.43. The Morgan fingerprint density at radius 3 is 2.75 bits per heavy atom. The van der Waals surface area contributed by atoms with Crippen LogP contribution in [0.3, 0.4) is 0 Å². The fraction of sp³-hybridized carbons (Fsp3) is 0.471. The largest absolute Gasteiger partial charge is 0.313 e. The molecule has 0 saturated heterocycles. The van der Waals surface area contributed by atoms with Gasteiger partial charge in [0.15, 0.2) is 0 Å². The Labute approximate surface area is 122 Å². The minimum absolute atomic E-state index is 0.917. The normalized spacial score (nSPS) is 10.9. The van der Waals surface area contributed by atoms with Crippen LogP contribution >= 0.6 is 0 Å². The third-order valence-corrected chi connectivity index (χ3v) is 3.44. The number of nitrogens with one attached hydrogen (secondary N) is 1. The highest BCUT2D eigenvalue weighted by Crippen LogP contribution is 2.25. The number of hydrogen-bond donors (Lipinski definition) is 1. The quantitative estimate of drug-likeness (QED) is 0.777. The highest BCUT2D eigenvalue weighted by Gasteiger charge is 2.10. The summed E-state index contributed by atoms with van der Waals surface area (Å²) in [7, 11) is 0. The zero-order valence-electron chi connectivity index (χ0n) is 12.8.